The lowest BCUT2D eigenvalue weighted by atomic mass is 10.1. The third kappa shape index (κ3) is 5.53. The van der Waals surface area contributed by atoms with Gasteiger partial charge in [0.05, 0.1) is 20.1 Å². The van der Waals surface area contributed by atoms with Crippen LogP contribution in [0.4, 0.5) is 5.69 Å². The molecule has 0 spiro atoms. The van der Waals surface area contributed by atoms with Gasteiger partial charge in [0.2, 0.25) is 11.8 Å². The number of nitrogens with zero attached hydrogens (tertiary/aromatic N) is 3. The van der Waals surface area contributed by atoms with E-state index in [1.807, 2.05) is 60.3 Å². The Morgan fingerprint density at radius 1 is 1.15 bits per heavy atom. The molecule has 1 aliphatic rings. The fourth-order valence-corrected chi connectivity index (χ4v) is 4.67. The molecule has 2 amide bonds. The molecular weight excluding hydrogens is 452 g/mol. The normalized spacial score (nSPS) is 15.4. The molecule has 34 heavy (non-hydrogen) atoms. The van der Waals surface area contributed by atoms with Gasteiger partial charge in [-0.2, -0.15) is 0 Å². The van der Waals surface area contributed by atoms with Crippen molar-refractivity contribution >= 4 is 29.3 Å². The van der Waals surface area contributed by atoms with Crippen LogP contribution in [0, 0.1) is 5.92 Å². The quantitative estimate of drug-likeness (QED) is 0.504. The van der Waals surface area contributed by atoms with Crippen LogP contribution in [-0.2, 0) is 23.1 Å². The van der Waals surface area contributed by atoms with Crippen molar-refractivity contribution in [2.45, 2.75) is 22.9 Å². The Bertz CT molecular complexity index is 1160. The summed E-state index contributed by atoms with van der Waals surface area (Å²) >= 11 is 1.56. The van der Waals surface area contributed by atoms with Crippen LogP contribution >= 0.6 is 11.8 Å². The fraction of sp³-hybridized carbons (Fsp3) is 0.320. The number of methoxy groups -OCH3 is 2. The first-order valence-electron chi connectivity index (χ1n) is 11.0. The van der Waals surface area contributed by atoms with Crippen molar-refractivity contribution in [2.75, 3.05) is 32.6 Å². The van der Waals surface area contributed by atoms with Crippen molar-refractivity contribution in [1.82, 2.24) is 14.5 Å². The molecule has 178 valence electrons. The number of hydrogen-bond donors (Lipinski definition) is 1. The minimum absolute atomic E-state index is 0.00226. The van der Waals surface area contributed by atoms with Crippen LogP contribution in [0.25, 0.3) is 0 Å². The van der Waals surface area contributed by atoms with E-state index in [4.69, 9.17) is 9.47 Å². The highest BCUT2D eigenvalue weighted by atomic mass is 32.2. The van der Waals surface area contributed by atoms with Gasteiger partial charge in [0.1, 0.15) is 0 Å². The molecule has 0 aliphatic carbocycles. The second kappa shape index (κ2) is 10.6. The summed E-state index contributed by atoms with van der Waals surface area (Å²) in [5, 5.41) is 3.84. The summed E-state index contributed by atoms with van der Waals surface area (Å²) in [5.74, 6) is 0.839. The number of likely N-dealkylation sites (tertiary alicyclic amines) is 1. The van der Waals surface area contributed by atoms with Gasteiger partial charge in [-0.3, -0.25) is 9.59 Å². The van der Waals surface area contributed by atoms with E-state index < -0.39 is 0 Å². The molecule has 0 saturated carbocycles. The van der Waals surface area contributed by atoms with Crippen molar-refractivity contribution in [2.24, 2.45) is 13.0 Å². The highest BCUT2D eigenvalue weighted by molar-refractivity contribution is 7.99. The van der Waals surface area contributed by atoms with Gasteiger partial charge in [-0.25, -0.2) is 4.98 Å². The molecule has 3 aromatic rings. The zero-order valence-electron chi connectivity index (χ0n) is 19.5. The molecule has 1 fully saturated rings. The highest BCUT2D eigenvalue weighted by Gasteiger charge is 2.34. The Balaban J connectivity index is 1.29. The largest absolute Gasteiger partial charge is 0.493 e. The van der Waals surface area contributed by atoms with Crippen LogP contribution in [0.2, 0.25) is 0 Å². The molecule has 8 nitrogen and oxygen atoms in total. The standard InChI is InChI=1S/C25H28N4O4S/c1-28-13-11-26-25(28)34-20-7-5-19(6-8-20)27-24(31)18-15-23(30)29(16-18)12-10-17-4-9-21(32-2)22(14-17)33-3/h4-9,11,13-14,18H,10,12,15-16H2,1-3H3,(H,27,31). The van der Waals surface area contributed by atoms with Crippen molar-refractivity contribution < 1.29 is 19.1 Å². The third-order valence-corrected chi connectivity index (χ3v) is 6.90. The summed E-state index contributed by atoms with van der Waals surface area (Å²) in [4.78, 5) is 32.4. The maximum atomic E-state index is 12.8. The number of imidazole rings is 1. The Morgan fingerprint density at radius 2 is 1.91 bits per heavy atom. The number of amides is 2. The molecule has 1 atom stereocenters. The van der Waals surface area contributed by atoms with E-state index in [9.17, 15) is 9.59 Å². The lowest BCUT2D eigenvalue weighted by Crippen LogP contribution is -2.30. The smallest absolute Gasteiger partial charge is 0.229 e. The van der Waals surface area contributed by atoms with Crippen LogP contribution in [0.1, 0.15) is 12.0 Å². The maximum Gasteiger partial charge on any atom is 0.229 e. The SMILES string of the molecule is COc1ccc(CCN2CC(C(=O)Nc3ccc(Sc4nccn4C)cc3)CC2=O)cc1OC. The lowest BCUT2D eigenvalue weighted by molar-refractivity contribution is -0.128. The molecule has 9 heteroatoms. The number of hydrogen-bond acceptors (Lipinski definition) is 6. The third-order valence-electron chi connectivity index (χ3n) is 5.81. The van der Waals surface area contributed by atoms with Crippen LogP contribution in [0.5, 0.6) is 11.5 Å². The van der Waals surface area contributed by atoms with Gasteiger partial charge >= 0.3 is 0 Å². The van der Waals surface area contributed by atoms with E-state index in [1.165, 1.54) is 0 Å². The molecule has 1 aliphatic heterocycles. The van der Waals surface area contributed by atoms with E-state index >= 15 is 0 Å². The van der Waals surface area contributed by atoms with Crippen LogP contribution < -0.4 is 14.8 Å². The second-order valence-corrected chi connectivity index (χ2v) is 9.16. The van der Waals surface area contributed by atoms with Crippen molar-refractivity contribution in [3.8, 4) is 11.5 Å². The Hall–Kier alpha value is -3.46. The van der Waals surface area contributed by atoms with Gasteiger partial charge in [-0.1, -0.05) is 17.8 Å². The van der Waals surface area contributed by atoms with Gasteiger partial charge < -0.3 is 24.3 Å². The minimum Gasteiger partial charge on any atom is -0.493 e. The van der Waals surface area contributed by atoms with Crippen LogP contribution in [0.3, 0.4) is 0 Å². The van der Waals surface area contributed by atoms with E-state index in [0.29, 0.717) is 36.7 Å². The number of benzene rings is 2. The summed E-state index contributed by atoms with van der Waals surface area (Å²) in [6.45, 7) is 0.974. The average molecular weight is 481 g/mol. The molecule has 2 aromatic carbocycles. The van der Waals surface area contributed by atoms with Crippen LogP contribution in [0.15, 0.2) is 64.9 Å². The molecule has 1 aromatic heterocycles. The molecule has 1 unspecified atom stereocenters. The highest BCUT2D eigenvalue weighted by Crippen LogP contribution is 2.29. The first kappa shape index (κ1) is 23.7. The molecule has 4 rings (SSSR count). The zero-order valence-corrected chi connectivity index (χ0v) is 20.3. The molecule has 0 bridgehead atoms. The number of rotatable bonds is 9. The number of aryl methyl sites for hydroxylation is 1. The lowest BCUT2D eigenvalue weighted by Gasteiger charge is -2.17. The van der Waals surface area contributed by atoms with Gasteiger partial charge in [0, 0.05) is 49.5 Å². The molecule has 1 N–H and O–H groups in total. The molecule has 1 saturated heterocycles. The van der Waals surface area contributed by atoms with E-state index in [2.05, 4.69) is 10.3 Å². The minimum atomic E-state index is -0.362. The number of carbonyl (C=O) groups excluding carboxylic acids is 2. The van der Waals surface area contributed by atoms with Crippen LogP contribution in [-0.4, -0.2) is 53.6 Å². The summed E-state index contributed by atoms with van der Waals surface area (Å²) in [5.41, 5.74) is 1.76. The number of carbonyl (C=O) groups is 2. The van der Waals surface area contributed by atoms with E-state index in [1.54, 1.807) is 37.1 Å². The summed E-state index contributed by atoms with van der Waals surface area (Å²) in [7, 11) is 5.15. The predicted molar refractivity (Wildman–Crippen MR) is 130 cm³/mol. The zero-order chi connectivity index (χ0) is 24.1. The molecule has 2 heterocycles. The van der Waals surface area contributed by atoms with Crippen molar-refractivity contribution in [3.63, 3.8) is 0 Å². The maximum absolute atomic E-state index is 12.8. The van der Waals surface area contributed by atoms with Gasteiger partial charge in [-0.05, 0) is 48.4 Å². The summed E-state index contributed by atoms with van der Waals surface area (Å²) in [6.07, 6.45) is 4.56. The summed E-state index contributed by atoms with van der Waals surface area (Å²) in [6, 6.07) is 13.4. The second-order valence-electron chi connectivity index (χ2n) is 8.12. The Labute approximate surface area is 203 Å². The van der Waals surface area contributed by atoms with Crippen molar-refractivity contribution in [3.05, 3.63) is 60.4 Å². The Morgan fingerprint density at radius 3 is 2.59 bits per heavy atom. The topological polar surface area (TPSA) is 85.7 Å². The molecular formula is C25H28N4O4S. The average Bonchev–Trinajstić information content (AvgIpc) is 3.43. The number of ether oxygens (including phenoxy) is 2. The van der Waals surface area contributed by atoms with Crippen molar-refractivity contribution in [1.29, 1.82) is 0 Å². The monoisotopic (exact) mass is 480 g/mol. The van der Waals surface area contributed by atoms with Gasteiger partial charge in [0.15, 0.2) is 16.7 Å². The van der Waals surface area contributed by atoms with E-state index in [0.717, 1.165) is 15.6 Å². The predicted octanol–water partition coefficient (Wildman–Crippen LogP) is 3.62. The number of aromatic nitrogens is 2. The molecule has 0 radical (unpaired) electrons. The van der Waals surface area contributed by atoms with Gasteiger partial charge in [-0.15, -0.1) is 0 Å². The first-order chi connectivity index (χ1) is 16.5. The number of anilines is 1. The summed E-state index contributed by atoms with van der Waals surface area (Å²) < 4.78 is 12.6. The fourth-order valence-electron chi connectivity index (χ4n) is 3.87. The van der Waals surface area contributed by atoms with Gasteiger partial charge in [0.25, 0.3) is 0 Å². The number of nitrogens with one attached hydrogen (secondary N) is 1. The first-order valence-corrected chi connectivity index (χ1v) is 11.8. The van der Waals surface area contributed by atoms with E-state index in [-0.39, 0.29) is 24.2 Å². The Kier molecular flexibility index (Phi) is 7.42.